The van der Waals surface area contributed by atoms with E-state index in [4.69, 9.17) is 11.6 Å². The fourth-order valence-corrected chi connectivity index (χ4v) is 2.95. The Morgan fingerprint density at radius 2 is 2.15 bits per heavy atom. The third kappa shape index (κ3) is 2.93. The number of rotatable bonds is 2. The summed E-state index contributed by atoms with van der Waals surface area (Å²) < 4.78 is 0.914. The first kappa shape index (κ1) is 15.6. The van der Waals surface area contributed by atoms with Gasteiger partial charge in [-0.2, -0.15) is 0 Å². The lowest BCUT2D eigenvalue weighted by Gasteiger charge is -2.22. The molecular formula is C14H16ClIN2O2. The standard InChI is InChI=1S/C14H16ClIN2O2/c1-14(13(20)17-2)5-6-18(8-14)12(19)9-3-4-11(16)10(15)7-9/h3-4,7H,5-6,8H2,1-2H3,(H,17,20). The molecule has 1 aliphatic rings. The second-order valence-corrected chi connectivity index (χ2v) is 6.81. The van der Waals surface area contributed by atoms with Gasteiger partial charge in [0.25, 0.3) is 5.91 Å². The zero-order valence-electron chi connectivity index (χ0n) is 11.4. The molecule has 0 aliphatic carbocycles. The largest absolute Gasteiger partial charge is 0.359 e. The fourth-order valence-electron chi connectivity index (χ4n) is 2.43. The molecule has 1 aliphatic heterocycles. The van der Waals surface area contributed by atoms with Crippen molar-refractivity contribution < 1.29 is 9.59 Å². The SMILES string of the molecule is CNC(=O)C1(C)CCN(C(=O)c2ccc(I)c(Cl)c2)C1. The minimum Gasteiger partial charge on any atom is -0.359 e. The topological polar surface area (TPSA) is 49.4 Å². The number of carbonyl (C=O) groups is 2. The molecule has 0 spiro atoms. The molecule has 108 valence electrons. The van der Waals surface area contributed by atoms with Crippen LogP contribution in [0.3, 0.4) is 0 Å². The van der Waals surface area contributed by atoms with Crippen molar-refractivity contribution in [3.05, 3.63) is 32.4 Å². The Hall–Kier alpha value is -0.820. The van der Waals surface area contributed by atoms with Gasteiger partial charge < -0.3 is 10.2 Å². The maximum absolute atomic E-state index is 12.4. The average Bonchev–Trinajstić information content (AvgIpc) is 2.84. The van der Waals surface area contributed by atoms with Crippen LogP contribution < -0.4 is 5.32 Å². The van der Waals surface area contributed by atoms with E-state index in [0.29, 0.717) is 30.1 Å². The van der Waals surface area contributed by atoms with E-state index in [9.17, 15) is 9.59 Å². The fraction of sp³-hybridized carbons (Fsp3) is 0.429. The van der Waals surface area contributed by atoms with Gasteiger partial charge in [-0.15, -0.1) is 0 Å². The first-order valence-electron chi connectivity index (χ1n) is 6.34. The summed E-state index contributed by atoms with van der Waals surface area (Å²) in [6, 6.07) is 5.27. The summed E-state index contributed by atoms with van der Waals surface area (Å²) in [5, 5.41) is 3.24. The van der Waals surface area contributed by atoms with Crippen LogP contribution in [-0.4, -0.2) is 36.9 Å². The first-order chi connectivity index (χ1) is 9.37. The maximum Gasteiger partial charge on any atom is 0.253 e. The van der Waals surface area contributed by atoms with E-state index in [1.807, 2.05) is 13.0 Å². The van der Waals surface area contributed by atoms with Gasteiger partial charge in [0.05, 0.1) is 10.4 Å². The Morgan fingerprint density at radius 3 is 2.75 bits per heavy atom. The smallest absolute Gasteiger partial charge is 0.253 e. The molecule has 0 aromatic heterocycles. The number of nitrogens with zero attached hydrogens (tertiary/aromatic N) is 1. The third-order valence-electron chi connectivity index (χ3n) is 3.70. The molecule has 1 unspecified atom stereocenters. The number of nitrogens with one attached hydrogen (secondary N) is 1. The Morgan fingerprint density at radius 1 is 1.45 bits per heavy atom. The number of carbonyl (C=O) groups excluding carboxylic acids is 2. The first-order valence-corrected chi connectivity index (χ1v) is 7.79. The maximum atomic E-state index is 12.4. The molecule has 0 saturated carbocycles. The quantitative estimate of drug-likeness (QED) is 0.768. The summed E-state index contributed by atoms with van der Waals surface area (Å²) in [6.07, 6.45) is 0.677. The number of likely N-dealkylation sites (tertiary alicyclic amines) is 1. The van der Waals surface area contributed by atoms with E-state index in [-0.39, 0.29) is 11.8 Å². The highest BCUT2D eigenvalue weighted by molar-refractivity contribution is 14.1. The van der Waals surface area contributed by atoms with Crippen LogP contribution in [0, 0.1) is 8.99 Å². The van der Waals surface area contributed by atoms with Gasteiger partial charge in [-0.3, -0.25) is 9.59 Å². The minimum absolute atomic E-state index is 0.0200. The number of hydrogen-bond donors (Lipinski definition) is 1. The Balaban J connectivity index is 2.15. The zero-order chi connectivity index (χ0) is 14.9. The van der Waals surface area contributed by atoms with Crippen molar-refractivity contribution in [2.24, 2.45) is 5.41 Å². The lowest BCUT2D eigenvalue weighted by molar-refractivity contribution is -0.128. The van der Waals surface area contributed by atoms with E-state index in [2.05, 4.69) is 27.9 Å². The highest BCUT2D eigenvalue weighted by Gasteiger charge is 2.41. The van der Waals surface area contributed by atoms with Gasteiger partial charge in [0.1, 0.15) is 0 Å². The number of halogens is 2. The molecule has 4 nitrogen and oxygen atoms in total. The second kappa shape index (κ2) is 5.89. The van der Waals surface area contributed by atoms with Gasteiger partial charge >= 0.3 is 0 Å². The summed E-state index contributed by atoms with van der Waals surface area (Å²) in [4.78, 5) is 26.0. The van der Waals surface area contributed by atoms with E-state index >= 15 is 0 Å². The zero-order valence-corrected chi connectivity index (χ0v) is 14.3. The van der Waals surface area contributed by atoms with Crippen molar-refractivity contribution in [2.45, 2.75) is 13.3 Å². The van der Waals surface area contributed by atoms with Crippen LogP contribution in [0.15, 0.2) is 18.2 Å². The second-order valence-electron chi connectivity index (χ2n) is 5.25. The molecule has 1 fully saturated rings. The highest BCUT2D eigenvalue weighted by atomic mass is 127. The normalized spacial score (nSPS) is 21.9. The summed E-state index contributed by atoms with van der Waals surface area (Å²) in [5.74, 6) is -0.0932. The summed E-state index contributed by atoms with van der Waals surface area (Å²) in [5.41, 5.74) is 0.0637. The number of hydrogen-bond acceptors (Lipinski definition) is 2. The van der Waals surface area contributed by atoms with E-state index in [1.54, 1.807) is 24.1 Å². The van der Waals surface area contributed by atoms with Crippen LogP contribution in [0.25, 0.3) is 0 Å². The van der Waals surface area contributed by atoms with Crippen molar-refractivity contribution in [2.75, 3.05) is 20.1 Å². The molecule has 0 radical (unpaired) electrons. The predicted octanol–water partition coefficient (Wildman–Crippen LogP) is 2.54. The van der Waals surface area contributed by atoms with Crippen molar-refractivity contribution in [1.29, 1.82) is 0 Å². The number of amides is 2. The molecule has 1 aromatic carbocycles. The molecule has 2 rings (SSSR count). The van der Waals surface area contributed by atoms with Crippen molar-refractivity contribution in [1.82, 2.24) is 10.2 Å². The van der Waals surface area contributed by atoms with Crippen molar-refractivity contribution in [3.8, 4) is 0 Å². The van der Waals surface area contributed by atoms with Gasteiger partial charge in [0.2, 0.25) is 5.91 Å². The van der Waals surface area contributed by atoms with Crippen molar-refractivity contribution >= 4 is 46.0 Å². The average molecular weight is 407 g/mol. The molecule has 6 heteroatoms. The molecule has 1 atom stereocenters. The predicted molar refractivity (Wildman–Crippen MR) is 86.9 cm³/mol. The van der Waals surface area contributed by atoms with Crippen LogP contribution >= 0.6 is 34.2 Å². The summed E-state index contributed by atoms with van der Waals surface area (Å²) >= 11 is 8.17. The molecule has 2 amide bonds. The minimum atomic E-state index is -0.503. The monoisotopic (exact) mass is 406 g/mol. The Labute approximate surface area is 137 Å². The number of benzene rings is 1. The molecule has 1 aromatic rings. The van der Waals surface area contributed by atoms with Gasteiger partial charge in [-0.05, 0) is 54.1 Å². The van der Waals surface area contributed by atoms with Crippen LogP contribution in [-0.2, 0) is 4.79 Å². The molecule has 0 bridgehead atoms. The van der Waals surface area contributed by atoms with Crippen LogP contribution in [0.5, 0.6) is 0 Å². The van der Waals surface area contributed by atoms with Gasteiger partial charge in [-0.25, -0.2) is 0 Å². The van der Waals surface area contributed by atoms with Crippen LogP contribution in [0.1, 0.15) is 23.7 Å². The summed E-state index contributed by atoms with van der Waals surface area (Å²) in [7, 11) is 1.62. The molecule has 1 N–H and O–H groups in total. The lowest BCUT2D eigenvalue weighted by atomic mass is 9.89. The van der Waals surface area contributed by atoms with Crippen LogP contribution in [0.2, 0.25) is 5.02 Å². The van der Waals surface area contributed by atoms with E-state index < -0.39 is 5.41 Å². The third-order valence-corrected chi connectivity index (χ3v) is 5.27. The summed E-state index contributed by atoms with van der Waals surface area (Å²) in [6.45, 7) is 2.92. The molecule has 20 heavy (non-hydrogen) atoms. The van der Waals surface area contributed by atoms with Gasteiger partial charge in [-0.1, -0.05) is 11.6 Å². The van der Waals surface area contributed by atoms with Gasteiger partial charge in [0.15, 0.2) is 0 Å². The van der Waals surface area contributed by atoms with E-state index in [0.717, 1.165) is 3.57 Å². The Kier molecular flexibility index (Phi) is 4.59. The lowest BCUT2D eigenvalue weighted by Crippen LogP contribution is -2.40. The molecule has 1 saturated heterocycles. The molecular weight excluding hydrogens is 391 g/mol. The Bertz CT molecular complexity index is 564. The van der Waals surface area contributed by atoms with Crippen LogP contribution in [0.4, 0.5) is 0 Å². The molecule has 1 heterocycles. The van der Waals surface area contributed by atoms with Gasteiger partial charge in [0, 0.05) is 29.3 Å². The van der Waals surface area contributed by atoms with E-state index in [1.165, 1.54) is 0 Å². The highest BCUT2D eigenvalue weighted by Crippen LogP contribution is 2.31. The van der Waals surface area contributed by atoms with Crippen molar-refractivity contribution in [3.63, 3.8) is 0 Å².